The average Bonchev–Trinajstić information content (AvgIpc) is 3.03. The van der Waals surface area contributed by atoms with E-state index in [1.807, 2.05) is 4.68 Å². The Kier molecular flexibility index (Phi) is 8.31. The second-order valence-electron chi connectivity index (χ2n) is 8.16. The maximum absolute atomic E-state index is 5.20. The van der Waals surface area contributed by atoms with Gasteiger partial charge in [-0.3, -0.25) is 4.68 Å². The molecule has 30 heavy (non-hydrogen) atoms. The molecular formula is C24H37N5O. The fourth-order valence-corrected chi connectivity index (χ4v) is 4.23. The predicted molar refractivity (Wildman–Crippen MR) is 123 cm³/mol. The smallest absolute Gasteiger partial charge is 0.194 e. The maximum Gasteiger partial charge on any atom is 0.194 e. The molecule has 2 aromatic rings. The maximum atomic E-state index is 5.20. The molecule has 1 aromatic carbocycles. The standard InChI is InChI=1S/C24H37N5O/c1-5-25-24(26-18-23-19(2)27-29(20(23)3)15-16-30-4)28-13-11-22(12-14-28)17-21-9-7-6-8-10-21/h6-10,22H,5,11-18H2,1-4H3,(H,25,26). The van der Waals surface area contributed by atoms with Crippen molar-refractivity contribution in [2.24, 2.45) is 10.9 Å². The molecule has 0 aliphatic carbocycles. The molecule has 1 fully saturated rings. The number of aryl methyl sites for hydroxylation is 1. The number of piperidine rings is 1. The lowest BCUT2D eigenvalue weighted by Crippen LogP contribution is -2.45. The zero-order valence-corrected chi connectivity index (χ0v) is 19.0. The van der Waals surface area contributed by atoms with E-state index in [9.17, 15) is 0 Å². The Balaban J connectivity index is 1.61. The summed E-state index contributed by atoms with van der Waals surface area (Å²) < 4.78 is 7.23. The van der Waals surface area contributed by atoms with E-state index in [0.717, 1.165) is 43.8 Å². The monoisotopic (exact) mass is 411 g/mol. The van der Waals surface area contributed by atoms with Crippen LogP contribution in [0.5, 0.6) is 0 Å². The van der Waals surface area contributed by atoms with E-state index < -0.39 is 0 Å². The summed E-state index contributed by atoms with van der Waals surface area (Å²) in [7, 11) is 1.72. The molecule has 1 N–H and O–H groups in total. The minimum atomic E-state index is 0.664. The molecule has 1 aliphatic heterocycles. The third-order valence-electron chi connectivity index (χ3n) is 6.04. The van der Waals surface area contributed by atoms with Crippen LogP contribution in [0.2, 0.25) is 0 Å². The lowest BCUT2D eigenvalue weighted by atomic mass is 9.90. The number of benzene rings is 1. The highest BCUT2D eigenvalue weighted by molar-refractivity contribution is 5.80. The zero-order chi connectivity index (χ0) is 21.3. The van der Waals surface area contributed by atoms with Gasteiger partial charge >= 0.3 is 0 Å². The largest absolute Gasteiger partial charge is 0.383 e. The molecule has 164 valence electrons. The molecule has 0 spiro atoms. The molecule has 6 heteroatoms. The first-order valence-corrected chi connectivity index (χ1v) is 11.2. The van der Waals surface area contributed by atoms with Crippen LogP contribution >= 0.6 is 0 Å². The van der Waals surface area contributed by atoms with Crippen LogP contribution in [0, 0.1) is 19.8 Å². The van der Waals surface area contributed by atoms with Crippen molar-refractivity contribution in [1.29, 1.82) is 0 Å². The lowest BCUT2D eigenvalue weighted by molar-refractivity contribution is 0.182. The van der Waals surface area contributed by atoms with Gasteiger partial charge in [0.25, 0.3) is 0 Å². The molecule has 0 bridgehead atoms. The number of aromatic nitrogens is 2. The van der Waals surface area contributed by atoms with Gasteiger partial charge in [0.05, 0.1) is 25.4 Å². The molecule has 0 atom stereocenters. The van der Waals surface area contributed by atoms with Crippen LogP contribution in [0.1, 0.15) is 42.3 Å². The number of ether oxygens (including phenoxy) is 1. The second-order valence-corrected chi connectivity index (χ2v) is 8.16. The summed E-state index contributed by atoms with van der Waals surface area (Å²) in [6.45, 7) is 11.5. The third-order valence-corrected chi connectivity index (χ3v) is 6.04. The van der Waals surface area contributed by atoms with Crippen molar-refractivity contribution in [2.45, 2.75) is 53.1 Å². The zero-order valence-electron chi connectivity index (χ0n) is 19.0. The summed E-state index contributed by atoms with van der Waals surface area (Å²) in [6.07, 6.45) is 3.61. The minimum Gasteiger partial charge on any atom is -0.383 e. The number of rotatable bonds is 8. The first kappa shape index (κ1) is 22.3. The number of hydrogen-bond donors (Lipinski definition) is 1. The van der Waals surface area contributed by atoms with Crippen molar-refractivity contribution < 1.29 is 4.74 Å². The van der Waals surface area contributed by atoms with Gasteiger partial charge in [0, 0.05) is 38.0 Å². The molecule has 0 unspecified atom stereocenters. The number of likely N-dealkylation sites (tertiary alicyclic amines) is 1. The van der Waals surface area contributed by atoms with Gasteiger partial charge in [-0.15, -0.1) is 0 Å². The van der Waals surface area contributed by atoms with Crippen molar-refractivity contribution in [1.82, 2.24) is 20.0 Å². The molecule has 1 aromatic heterocycles. The molecule has 3 rings (SSSR count). The molecule has 2 heterocycles. The van der Waals surface area contributed by atoms with Crippen LogP contribution in [0.4, 0.5) is 0 Å². The van der Waals surface area contributed by atoms with E-state index in [2.05, 4.69) is 66.4 Å². The Morgan fingerprint density at radius 2 is 1.93 bits per heavy atom. The van der Waals surface area contributed by atoms with Gasteiger partial charge in [-0.05, 0) is 51.5 Å². The SMILES string of the molecule is CCNC(=NCc1c(C)nn(CCOC)c1C)N1CCC(Cc2ccccc2)CC1. The van der Waals surface area contributed by atoms with Crippen molar-refractivity contribution in [2.75, 3.05) is 33.4 Å². The summed E-state index contributed by atoms with van der Waals surface area (Å²) in [4.78, 5) is 7.40. The number of nitrogens with one attached hydrogen (secondary N) is 1. The van der Waals surface area contributed by atoms with Crippen molar-refractivity contribution >= 4 is 5.96 Å². The quantitative estimate of drug-likeness (QED) is 0.533. The molecule has 1 aliphatic rings. The Morgan fingerprint density at radius 1 is 1.20 bits per heavy atom. The van der Waals surface area contributed by atoms with Crippen molar-refractivity contribution in [3.8, 4) is 0 Å². The van der Waals surface area contributed by atoms with Gasteiger partial charge in [0.15, 0.2) is 5.96 Å². The molecular weight excluding hydrogens is 374 g/mol. The van der Waals surface area contributed by atoms with Crippen LogP contribution in [0.15, 0.2) is 35.3 Å². The van der Waals surface area contributed by atoms with Gasteiger partial charge in [-0.2, -0.15) is 5.10 Å². The Morgan fingerprint density at radius 3 is 2.60 bits per heavy atom. The Labute approximate surface area is 181 Å². The normalized spacial score (nSPS) is 15.6. The van der Waals surface area contributed by atoms with Crippen LogP contribution < -0.4 is 5.32 Å². The predicted octanol–water partition coefficient (Wildman–Crippen LogP) is 3.57. The lowest BCUT2D eigenvalue weighted by Gasteiger charge is -2.34. The van der Waals surface area contributed by atoms with Crippen LogP contribution in [0.3, 0.4) is 0 Å². The molecule has 0 radical (unpaired) electrons. The van der Waals surface area contributed by atoms with E-state index in [0.29, 0.717) is 13.2 Å². The van der Waals surface area contributed by atoms with Gasteiger partial charge in [0.2, 0.25) is 0 Å². The summed E-state index contributed by atoms with van der Waals surface area (Å²) in [5, 5.41) is 8.16. The van der Waals surface area contributed by atoms with Crippen LogP contribution in [-0.2, 0) is 24.2 Å². The summed E-state index contributed by atoms with van der Waals surface area (Å²) in [5.41, 5.74) is 4.92. The topological polar surface area (TPSA) is 54.7 Å². The number of guanidine groups is 1. The first-order valence-electron chi connectivity index (χ1n) is 11.2. The Bertz CT molecular complexity index is 807. The Hall–Kier alpha value is -2.34. The number of nitrogens with zero attached hydrogens (tertiary/aromatic N) is 4. The molecule has 0 saturated carbocycles. The van der Waals surface area contributed by atoms with Crippen molar-refractivity contribution in [3.63, 3.8) is 0 Å². The average molecular weight is 412 g/mol. The molecule has 0 amide bonds. The van der Waals surface area contributed by atoms with E-state index in [1.54, 1.807) is 7.11 Å². The number of methoxy groups -OCH3 is 1. The fraction of sp³-hybridized carbons (Fsp3) is 0.583. The second kappa shape index (κ2) is 11.2. The third kappa shape index (κ3) is 5.85. The molecule has 6 nitrogen and oxygen atoms in total. The van der Waals surface area contributed by atoms with Gasteiger partial charge in [0.1, 0.15) is 0 Å². The van der Waals surface area contributed by atoms with Gasteiger partial charge in [-0.1, -0.05) is 30.3 Å². The van der Waals surface area contributed by atoms with Crippen molar-refractivity contribution in [3.05, 3.63) is 52.8 Å². The van der Waals surface area contributed by atoms with Gasteiger partial charge in [-0.25, -0.2) is 4.99 Å². The highest BCUT2D eigenvalue weighted by Crippen LogP contribution is 2.22. The summed E-state index contributed by atoms with van der Waals surface area (Å²) in [6, 6.07) is 10.9. The highest BCUT2D eigenvalue weighted by Gasteiger charge is 2.22. The van der Waals surface area contributed by atoms with E-state index in [4.69, 9.17) is 9.73 Å². The van der Waals surface area contributed by atoms with E-state index >= 15 is 0 Å². The number of aliphatic imine (C=N–C) groups is 1. The van der Waals surface area contributed by atoms with E-state index in [1.165, 1.54) is 36.1 Å². The number of hydrogen-bond acceptors (Lipinski definition) is 3. The van der Waals surface area contributed by atoms with Gasteiger partial charge < -0.3 is 15.0 Å². The first-order chi connectivity index (χ1) is 14.6. The summed E-state index contributed by atoms with van der Waals surface area (Å²) in [5.74, 6) is 1.79. The van der Waals surface area contributed by atoms with Crippen LogP contribution in [0.25, 0.3) is 0 Å². The minimum absolute atomic E-state index is 0.664. The van der Waals surface area contributed by atoms with Crippen LogP contribution in [-0.4, -0.2) is 54.0 Å². The fourth-order valence-electron chi connectivity index (χ4n) is 4.23. The van der Waals surface area contributed by atoms with E-state index in [-0.39, 0.29) is 0 Å². The molecule has 1 saturated heterocycles. The highest BCUT2D eigenvalue weighted by atomic mass is 16.5. The summed E-state index contributed by atoms with van der Waals surface area (Å²) >= 11 is 0.